The fraction of sp³-hybridized carbons (Fsp3) is 0.344. The summed E-state index contributed by atoms with van der Waals surface area (Å²) >= 11 is 0. The van der Waals surface area contributed by atoms with Gasteiger partial charge in [0.2, 0.25) is 21.8 Å². The molecule has 0 saturated carbocycles. The van der Waals surface area contributed by atoms with E-state index >= 15 is 0 Å². The normalized spacial score (nSPS) is 11.8. The van der Waals surface area contributed by atoms with E-state index in [0.29, 0.717) is 37.6 Å². The van der Waals surface area contributed by atoms with Gasteiger partial charge in [0.15, 0.2) is 0 Å². The van der Waals surface area contributed by atoms with Crippen LogP contribution in [0.25, 0.3) is 10.8 Å². The second kappa shape index (κ2) is 17.0. The average molecular weight is 624 g/mol. The molecule has 0 heterocycles. The number of amides is 3. The maximum atomic E-state index is 13.1. The minimum atomic E-state index is -3.81. The van der Waals surface area contributed by atoms with Gasteiger partial charge in [-0.1, -0.05) is 61.2 Å². The molecular formula is C32H41N5O6S. The Balaban J connectivity index is 1.52. The molecule has 11 nitrogen and oxygen atoms in total. The topological polar surface area (TPSA) is 146 Å². The number of nitrogens with one attached hydrogen (secondary N) is 4. The number of alkyl carbamates (subject to hydrolysis) is 1. The van der Waals surface area contributed by atoms with E-state index in [9.17, 15) is 22.8 Å². The van der Waals surface area contributed by atoms with Crippen molar-refractivity contribution in [2.45, 2.75) is 43.2 Å². The smallest absolute Gasteiger partial charge is 0.408 e. The van der Waals surface area contributed by atoms with Gasteiger partial charge in [-0.05, 0) is 49.5 Å². The number of unbranched alkanes of at least 4 members (excludes halogenated alkanes) is 1. The predicted octanol–water partition coefficient (Wildman–Crippen LogP) is 3.46. The predicted molar refractivity (Wildman–Crippen MR) is 172 cm³/mol. The fourth-order valence-corrected chi connectivity index (χ4v) is 5.82. The molecule has 1 unspecified atom stereocenters. The molecule has 44 heavy (non-hydrogen) atoms. The van der Waals surface area contributed by atoms with E-state index < -0.39 is 28.1 Å². The number of benzene rings is 3. The lowest BCUT2D eigenvalue weighted by atomic mass is 10.1. The Morgan fingerprint density at radius 1 is 0.864 bits per heavy atom. The van der Waals surface area contributed by atoms with E-state index in [0.717, 1.165) is 16.6 Å². The van der Waals surface area contributed by atoms with Crippen LogP contribution < -0.4 is 25.6 Å². The first-order chi connectivity index (χ1) is 21.1. The number of anilines is 1. The lowest BCUT2D eigenvalue weighted by molar-refractivity contribution is -0.123. The molecule has 0 aliphatic carbocycles. The minimum Gasteiger partial charge on any atom is -0.445 e. The molecule has 0 fully saturated rings. The van der Waals surface area contributed by atoms with Crippen LogP contribution in [0.3, 0.4) is 0 Å². The highest BCUT2D eigenvalue weighted by molar-refractivity contribution is 7.89. The molecule has 12 heteroatoms. The van der Waals surface area contributed by atoms with Crippen LogP contribution in [0.1, 0.15) is 31.2 Å². The number of nitrogens with zero attached hydrogens (tertiary/aromatic N) is 1. The van der Waals surface area contributed by atoms with E-state index in [4.69, 9.17) is 4.74 Å². The zero-order valence-electron chi connectivity index (χ0n) is 25.2. The molecule has 3 aromatic rings. The van der Waals surface area contributed by atoms with Crippen LogP contribution in [-0.2, 0) is 31.0 Å². The van der Waals surface area contributed by atoms with Crippen molar-refractivity contribution in [3.8, 4) is 0 Å². The van der Waals surface area contributed by atoms with Crippen molar-refractivity contribution in [3.05, 3.63) is 84.9 Å². The third-order valence-corrected chi connectivity index (χ3v) is 8.32. The highest BCUT2D eigenvalue weighted by atomic mass is 32.2. The van der Waals surface area contributed by atoms with Crippen LogP contribution >= 0.6 is 0 Å². The van der Waals surface area contributed by atoms with E-state index in [1.807, 2.05) is 67.5 Å². The van der Waals surface area contributed by atoms with Gasteiger partial charge in [-0.2, -0.15) is 0 Å². The Morgan fingerprint density at radius 3 is 2.30 bits per heavy atom. The average Bonchev–Trinajstić information content (AvgIpc) is 3.02. The van der Waals surface area contributed by atoms with Crippen LogP contribution in [0.15, 0.2) is 84.3 Å². The molecule has 0 aromatic heterocycles. The molecule has 0 spiro atoms. The van der Waals surface area contributed by atoms with Gasteiger partial charge in [0, 0.05) is 50.2 Å². The Labute approximate surface area is 259 Å². The van der Waals surface area contributed by atoms with Gasteiger partial charge in [0.25, 0.3) is 0 Å². The Bertz CT molecular complexity index is 1530. The van der Waals surface area contributed by atoms with Crippen molar-refractivity contribution in [3.63, 3.8) is 0 Å². The van der Waals surface area contributed by atoms with Crippen LogP contribution in [0.5, 0.6) is 0 Å². The van der Waals surface area contributed by atoms with Crippen molar-refractivity contribution in [1.29, 1.82) is 0 Å². The Hall–Kier alpha value is -4.42. The Morgan fingerprint density at radius 2 is 1.57 bits per heavy atom. The maximum Gasteiger partial charge on any atom is 0.408 e. The SMILES string of the molecule is C=CC(=O)NCCCCC(NC(=O)OCc1ccccc1)C(=O)NCCCNS(=O)(=O)c1cccc2c(N(C)C)cccc12. The van der Waals surface area contributed by atoms with Gasteiger partial charge in [-0.25, -0.2) is 17.9 Å². The van der Waals surface area contributed by atoms with Crippen molar-refractivity contribution in [1.82, 2.24) is 20.7 Å². The monoisotopic (exact) mass is 623 g/mol. The molecule has 3 aromatic carbocycles. The first-order valence-electron chi connectivity index (χ1n) is 14.5. The summed E-state index contributed by atoms with van der Waals surface area (Å²) in [6.45, 7) is 4.17. The van der Waals surface area contributed by atoms with Crippen LogP contribution in [-0.4, -0.2) is 66.1 Å². The number of carbonyl (C=O) groups excluding carboxylic acids is 3. The van der Waals surface area contributed by atoms with Gasteiger partial charge >= 0.3 is 6.09 Å². The molecule has 0 aliphatic rings. The molecule has 3 rings (SSSR count). The minimum absolute atomic E-state index is 0.0574. The number of rotatable bonds is 17. The van der Waals surface area contributed by atoms with Gasteiger partial charge in [0.05, 0.1) is 4.90 Å². The number of fused-ring (bicyclic) bond motifs is 1. The first-order valence-corrected chi connectivity index (χ1v) is 15.9. The number of hydrogen-bond acceptors (Lipinski definition) is 7. The van der Waals surface area contributed by atoms with Crippen molar-refractivity contribution in [2.24, 2.45) is 0 Å². The first kappa shape index (κ1) is 34.1. The third kappa shape index (κ3) is 10.4. The van der Waals surface area contributed by atoms with Gasteiger partial charge in [-0.3, -0.25) is 9.59 Å². The molecule has 0 radical (unpaired) electrons. The molecule has 236 valence electrons. The van der Waals surface area contributed by atoms with E-state index in [-0.39, 0.29) is 30.5 Å². The molecule has 0 bridgehead atoms. The number of sulfonamides is 1. The highest BCUT2D eigenvalue weighted by Crippen LogP contribution is 2.30. The Kier molecular flexibility index (Phi) is 13.2. The van der Waals surface area contributed by atoms with Crippen molar-refractivity contribution < 1.29 is 27.5 Å². The van der Waals surface area contributed by atoms with Crippen molar-refractivity contribution >= 4 is 44.4 Å². The van der Waals surface area contributed by atoms with Crippen LogP contribution in [0.4, 0.5) is 10.5 Å². The summed E-state index contributed by atoms with van der Waals surface area (Å²) in [5, 5.41) is 9.52. The summed E-state index contributed by atoms with van der Waals surface area (Å²) in [7, 11) is -0.00252. The summed E-state index contributed by atoms with van der Waals surface area (Å²) in [4.78, 5) is 38.9. The summed E-state index contributed by atoms with van der Waals surface area (Å²) in [6.07, 6.45) is 2.25. The molecule has 0 aliphatic heterocycles. The summed E-state index contributed by atoms with van der Waals surface area (Å²) in [5.74, 6) is -0.693. The highest BCUT2D eigenvalue weighted by Gasteiger charge is 2.22. The zero-order chi connectivity index (χ0) is 32.0. The maximum absolute atomic E-state index is 13.1. The number of ether oxygens (including phenoxy) is 1. The summed E-state index contributed by atoms with van der Waals surface area (Å²) in [5.41, 5.74) is 1.72. The van der Waals surface area contributed by atoms with Gasteiger partial charge in [0.1, 0.15) is 12.6 Å². The summed E-state index contributed by atoms with van der Waals surface area (Å²) < 4.78 is 34.2. The molecular weight excluding hydrogens is 582 g/mol. The second-order valence-electron chi connectivity index (χ2n) is 10.3. The second-order valence-corrected chi connectivity index (χ2v) is 12.1. The van der Waals surface area contributed by atoms with Crippen LogP contribution in [0, 0.1) is 0 Å². The molecule has 0 saturated heterocycles. The summed E-state index contributed by atoms with van der Waals surface area (Å²) in [6, 6.07) is 19.0. The number of hydrogen-bond donors (Lipinski definition) is 4. The molecule has 1 atom stereocenters. The quantitative estimate of drug-likeness (QED) is 0.133. The molecule has 3 amide bonds. The van der Waals surface area contributed by atoms with Crippen LogP contribution in [0.2, 0.25) is 0 Å². The standard InChI is InChI=1S/C32H41N5O6S/c1-4-30(38)33-20-9-8-17-27(36-32(40)43-23-24-13-6-5-7-14-24)31(39)34-21-12-22-35-44(41,42)29-19-11-15-25-26(29)16-10-18-28(25)37(2)3/h4-7,10-11,13-16,18-19,27,35H,1,8-9,12,17,20-23H2,2-3H3,(H,33,38)(H,34,39)(H,36,40). The largest absolute Gasteiger partial charge is 0.445 e. The van der Waals surface area contributed by atoms with E-state index in [1.54, 1.807) is 18.2 Å². The third-order valence-electron chi connectivity index (χ3n) is 6.80. The lowest BCUT2D eigenvalue weighted by Gasteiger charge is -2.19. The van der Waals surface area contributed by atoms with Crippen molar-refractivity contribution in [2.75, 3.05) is 38.6 Å². The van der Waals surface area contributed by atoms with E-state index in [2.05, 4.69) is 27.3 Å². The lowest BCUT2D eigenvalue weighted by Crippen LogP contribution is -2.47. The fourth-order valence-electron chi connectivity index (χ4n) is 4.53. The van der Waals surface area contributed by atoms with Gasteiger partial charge in [-0.15, -0.1) is 0 Å². The van der Waals surface area contributed by atoms with E-state index in [1.165, 1.54) is 6.08 Å². The zero-order valence-corrected chi connectivity index (χ0v) is 26.0. The molecule has 4 N–H and O–H groups in total. The van der Waals surface area contributed by atoms with Gasteiger partial charge < -0.3 is 25.6 Å². The number of carbonyl (C=O) groups is 3.